The van der Waals surface area contributed by atoms with Crippen LogP contribution >= 0.6 is 0 Å². The van der Waals surface area contributed by atoms with Crippen LogP contribution in [-0.2, 0) is 14.3 Å². The number of nitrogens with zero attached hydrogens (tertiary/aromatic N) is 2. The maximum Gasteiger partial charge on any atom is 0.303 e. The zero-order chi connectivity index (χ0) is 19.9. The van der Waals surface area contributed by atoms with Gasteiger partial charge in [0.2, 0.25) is 5.91 Å². The molecule has 4 atom stereocenters. The minimum atomic E-state index is -0.704. The summed E-state index contributed by atoms with van der Waals surface area (Å²) < 4.78 is 6.14. The Morgan fingerprint density at radius 3 is 2.50 bits per heavy atom. The molecule has 0 aromatic heterocycles. The second-order valence-corrected chi connectivity index (χ2v) is 8.84. The fraction of sp³-hybridized carbons (Fsp3) is 0.864. The van der Waals surface area contributed by atoms with Crippen LogP contribution in [0.15, 0.2) is 5.10 Å². The highest BCUT2D eigenvalue weighted by Gasteiger charge is 2.47. The molecule has 0 aromatic rings. The Morgan fingerprint density at radius 1 is 1.04 bits per heavy atom. The molecule has 2 heterocycles. The maximum atomic E-state index is 12.6. The Bertz CT molecular complexity index is 559. The molecule has 1 amide bonds. The molecule has 0 spiro atoms. The van der Waals surface area contributed by atoms with Crippen molar-refractivity contribution in [3.05, 3.63) is 0 Å². The van der Waals surface area contributed by atoms with Gasteiger partial charge < -0.3 is 9.84 Å². The molecule has 158 valence electrons. The molecule has 1 aliphatic carbocycles. The fourth-order valence-electron chi connectivity index (χ4n) is 5.25. The van der Waals surface area contributed by atoms with E-state index in [2.05, 4.69) is 5.10 Å². The second kappa shape index (κ2) is 10.4. The quantitative estimate of drug-likeness (QED) is 0.343. The first-order valence-electron chi connectivity index (χ1n) is 11.2. The first-order chi connectivity index (χ1) is 13.6. The van der Waals surface area contributed by atoms with Crippen LogP contribution in [0, 0.1) is 17.8 Å². The molecule has 28 heavy (non-hydrogen) atoms. The van der Waals surface area contributed by atoms with Crippen LogP contribution in [-0.4, -0.2) is 47.5 Å². The third kappa shape index (κ3) is 5.56. The molecular weight excluding hydrogens is 356 g/mol. The van der Waals surface area contributed by atoms with Crippen LogP contribution < -0.4 is 0 Å². The molecule has 3 rings (SSSR count). The summed E-state index contributed by atoms with van der Waals surface area (Å²) in [5.41, 5.74) is 0. The largest absolute Gasteiger partial charge is 0.481 e. The molecule has 1 N–H and O–H groups in total. The number of ether oxygens (including phenoxy) is 1. The Balaban J connectivity index is 1.46. The number of aliphatic carboxylic acids is 1. The fourth-order valence-corrected chi connectivity index (χ4v) is 5.25. The number of carboxylic acids is 1. The monoisotopic (exact) mass is 392 g/mol. The Labute approximate surface area is 168 Å². The Hall–Kier alpha value is -1.43. The first-order valence-corrected chi connectivity index (χ1v) is 11.2. The van der Waals surface area contributed by atoms with Crippen molar-refractivity contribution in [1.82, 2.24) is 5.01 Å². The molecule has 6 nitrogen and oxygen atoms in total. The molecule has 0 radical (unpaired) electrons. The van der Waals surface area contributed by atoms with E-state index in [0.717, 1.165) is 70.6 Å². The maximum absolute atomic E-state index is 12.6. The number of unbranched alkanes of at least 4 members (excludes halogenated alkanes) is 3. The lowest BCUT2D eigenvalue weighted by atomic mass is 9.77. The molecule has 1 saturated carbocycles. The predicted octanol–water partition coefficient (Wildman–Crippen LogP) is 4.23. The van der Waals surface area contributed by atoms with E-state index in [0.29, 0.717) is 17.9 Å². The zero-order valence-electron chi connectivity index (χ0n) is 17.2. The van der Waals surface area contributed by atoms with Gasteiger partial charge in [-0.3, -0.25) is 9.59 Å². The van der Waals surface area contributed by atoms with Crippen molar-refractivity contribution in [2.24, 2.45) is 22.9 Å². The van der Waals surface area contributed by atoms with Gasteiger partial charge in [0, 0.05) is 31.5 Å². The summed E-state index contributed by atoms with van der Waals surface area (Å²) in [5.74, 6) is 0.396. The van der Waals surface area contributed by atoms with Crippen LogP contribution in [0.2, 0.25) is 0 Å². The highest BCUT2D eigenvalue weighted by atomic mass is 16.5. The van der Waals surface area contributed by atoms with Crippen molar-refractivity contribution in [2.45, 2.75) is 95.7 Å². The highest BCUT2D eigenvalue weighted by Crippen LogP contribution is 2.45. The number of hydrogen-bond acceptors (Lipinski definition) is 4. The summed E-state index contributed by atoms with van der Waals surface area (Å²) in [6.07, 6.45) is 15.7. The van der Waals surface area contributed by atoms with Crippen LogP contribution in [0.4, 0.5) is 0 Å². The van der Waals surface area contributed by atoms with E-state index in [1.807, 2.05) is 6.21 Å². The smallest absolute Gasteiger partial charge is 0.303 e. The molecule has 2 bridgehead atoms. The highest BCUT2D eigenvalue weighted by molar-refractivity contribution is 5.79. The van der Waals surface area contributed by atoms with Gasteiger partial charge in [-0.25, -0.2) is 5.01 Å². The van der Waals surface area contributed by atoms with E-state index >= 15 is 0 Å². The van der Waals surface area contributed by atoms with Gasteiger partial charge in [0.15, 0.2) is 0 Å². The van der Waals surface area contributed by atoms with Gasteiger partial charge in [0.25, 0.3) is 0 Å². The molecule has 3 fully saturated rings. The van der Waals surface area contributed by atoms with Crippen LogP contribution in [0.25, 0.3) is 0 Å². The van der Waals surface area contributed by atoms with Gasteiger partial charge in [0.1, 0.15) is 0 Å². The van der Waals surface area contributed by atoms with E-state index < -0.39 is 5.97 Å². The molecule has 6 heteroatoms. The lowest BCUT2D eigenvalue weighted by Crippen LogP contribution is -2.33. The molecule has 4 unspecified atom stereocenters. The minimum Gasteiger partial charge on any atom is -0.481 e. The van der Waals surface area contributed by atoms with Gasteiger partial charge in [-0.15, -0.1) is 0 Å². The topological polar surface area (TPSA) is 79.2 Å². The lowest BCUT2D eigenvalue weighted by Gasteiger charge is -2.26. The van der Waals surface area contributed by atoms with Crippen LogP contribution in [0.5, 0.6) is 0 Å². The van der Waals surface area contributed by atoms with E-state index in [4.69, 9.17) is 9.84 Å². The summed E-state index contributed by atoms with van der Waals surface area (Å²) in [5, 5.41) is 14.8. The van der Waals surface area contributed by atoms with Crippen LogP contribution in [0.3, 0.4) is 0 Å². The lowest BCUT2D eigenvalue weighted by molar-refractivity contribution is -0.137. The summed E-state index contributed by atoms with van der Waals surface area (Å²) in [6.45, 7) is 0. The van der Waals surface area contributed by atoms with Crippen molar-refractivity contribution in [3.63, 3.8) is 0 Å². The van der Waals surface area contributed by atoms with Crippen molar-refractivity contribution in [3.8, 4) is 0 Å². The Morgan fingerprint density at radius 2 is 1.75 bits per heavy atom. The minimum absolute atomic E-state index is 0.147. The number of fused-ring (bicyclic) bond motifs is 2. The number of carbonyl (C=O) groups is 2. The number of carboxylic acid groups (broad SMARTS) is 1. The number of carbonyl (C=O) groups excluding carboxylic acids is 1. The molecule has 2 saturated heterocycles. The van der Waals surface area contributed by atoms with Gasteiger partial charge in [-0.2, -0.15) is 5.10 Å². The second-order valence-electron chi connectivity index (χ2n) is 8.84. The zero-order valence-corrected chi connectivity index (χ0v) is 17.2. The third-order valence-electron chi connectivity index (χ3n) is 6.85. The first kappa shape index (κ1) is 21.3. The average Bonchev–Trinajstić information content (AvgIpc) is 3.30. The van der Waals surface area contributed by atoms with E-state index in [1.165, 1.54) is 6.42 Å². The summed E-state index contributed by atoms with van der Waals surface area (Å²) in [6, 6.07) is 0. The molecule has 0 aromatic carbocycles. The van der Waals surface area contributed by atoms with Crippen LogP contribution in [0.1, 0.15) is 83.5 Å². The molecule has 2 aliphatic heterocycles. The normalized spacial score (nSPS) is 30.2. The van der Waals surface area contributed by atoms with Crippen molar-refractivity contribution in [2.75, 3.05) is 7.05 Å². The van der Waals surface area contributed by atoms with Crippen molar-refractivity contribution >= 4 is 18.1 Å². The predicted molar refractivity (Wildman–Crippen MR) is 108 cm³/mol. The SMILES string of the molecule is CN(/N=C/C1C2CCC(O2)C1CCCCCCC(=O)O)C(=O)C1CCCCC1. The molecular formula is C22H36N2O4. The van der Waals surface area contributed by atoms with E-state index in [9.17, 15) is 9.59 Å². The number of rotatable bonds is 10. The van der Waals surface area contributed by atoms with Gasteiger partial charge in [-0.05, 0) is 44.4 Å². The number of hydrazone groups is 1. The summed E-state index contributed by atoms with van der Waals surface area (Å²) in [4.78, 5) is 23.2. The average molecular weight is 393 g/mol. The van der Waals surface area contributed by atoms with Crippen molar-refractivity contribution in [1.29, 1.82) is 0 Å². The third-order valence-corrected chi connectivity index (χ3v) is 6.85. The Kier molecular flexibility index (Phi) is 7.89. The standard InChI is InChI=1S/C22H36N2O4/c1-24(22(27)16-9-5-4-6-10-16)23-15-18-17(19-13-14-20(18)28-19)11-7-2-3-8-12-21(25)26/h15-20H,2-14H2,1H3,(H,25,26)/b23-15+. The van der Waals surface area contributed by atoms with Crippen molar-refractivity contribution < 1.29 is 19.4 Å². The number of hydrogen-bond donors (Lipinski definition) is 1. The number of amides is 1. The van der Waals surface area contributed by atoms with Gasteiger partial charge in [-0.1, -0.05) is 38.5 Å². The summed E-state index contributed by atoms with van der Waals surface area (Å²) in [7, 11) is 1.79. The van der Waals surface area contributed by atoms with E-state index in [1.54, 1.807) is 12.1 Å². The van der Waals surface area contributed by atoms with Gasteiger partial charge >= 0.3 is 5.97 Å². The molecule has 3 aliphatic rings. The summed E-state index contributed by atoms with van der Waals surface area (Å²) >= 11 is 0. The van der Waals surface area contributed by atoms with Gasteiger partial charge in [0.05, 0.1) is 12.2 Å². The van der Waals surface area contributed by atoms with E-state index in [-0.39, 0.29) is 24.3 Å².